The second kappa shape index (κ2) is 14.0. The molecule has 0 aromatic heterocycles. The Hall–Kier alpha value is -1.52. The minimum atomic E-state index is -4.41. The van der Waals surface area contributed by atoms with E-state index >= 15 is 0 Å². The molecular weight excluding hydrogens is 537 g/mol. The van der Waals surface area contributed by atoms with Gasteiger partial charge in [-0.05, 0) is 70.5 Å². The van der Waals surface area contributed by atoms with Gasteiger partial charge >= 0.3 is 37.7 Å². The summed E-state index contributed by atoms with van der Waals surface area (Å²) in [4.78, 5) is -0.274. The zero-order valence-electron chi connectivity index (χ0n) is 21.1. The minimum absolute atomic E-state index is 0. The van der Waals surface area contributed by atoms with Gasteiger partial charge in [-0.25, -0.2) is 16.8 Å². The molecule has 0 N–H and O–H groups in total. The first-order valence-electron chi connectivity index (χ1n) is 12.0. The smallest absolute Gasteiger partial charge is 0.744 e. The van der Waals surface area contributed by atoms with Crippen LogP contribution in [0.4, 0.5) is 0 Å². The predicted octanol–water partition coefficient (Wildman–Crippen LogP) is 5.79. The standard InChI is InChI=1S/2C14H16O3S.Ca/c2*1-2-3-5-11-8-9-13-12(10-11)6-4-7-14(13)18(15,16)17;/h2*4,6-10H,2-3,5H2,1H3,(H,15,16,17);/q;;+2/p-2. The first-order chi connectivity index (χ1) is 17.0. The van der Waals surface area contributed by atoms with Crippen LogP contribution in [-0.4, -0.2) is 63.7 Å². The molecule has 0 spiro atoms. The van der Waals surface area contributed by atoms with Gasteiger partial charge in [0, 0.05) is 0 Å². The predicted molar refractivity (Wildman–Crippen MR) is 147 cm³/mol. The Labute approximate surface area is 249 Å². The number of aryl methyl sites for hydroxylation is 2. The van der Waals surface area contributed by atoms with Gasteiger partial charge < -0.3 is 9.11 Å². The third kappa shape index (κ3) is 8.75. The van der Waals surface area contributed by atoms with Gasteiger partial charge in [0.25, 0.3) is 0 Å². The fourth-order valence-electron chi connectivity index (χ4n) is 4.12. The van der Waals surface area contributed by atoms with E-state index in [-0.39, 0.29) is 47.5 Å². The molecule has 6 nitrogen and oxygen atoms in total. The van der Waals surface area contributed by atoms with E-state index in [4.69, 9.17) is 0 Å². The van der Waals surface area contributed by atoms with Gasteiger partial charge in [-0.3, -0.25) is 0 Å². The topological polar surface area (TPSA) is 114 Å². The number of unbranched alkanes of at least 4 members (excludes halogenated alkanes) is 2. The maximum absolute atomic E-state index is 11.1. The molecule has 0 unspecified atom stereocenters. The molecule has 4 aromatic carbocycles. The molecular formula is C28H30CaO6S2. The fourth-order valence-corrected chi connectivity index (χ4v) is 5.52. The average Bonchev–Trinajstić information content (AvgIpc) is 2.84. The molecule has 0 saturated carbocycles. The molecule has 0 aliphatic rings. The second-order valence-electron chi connectivity index (χ2n) is 8.74. The van der Waals surface area contributed by atoms with Crippen LogP contribution in [-0.2, 0) is 33.1 Å². The van der Waals surface area contributed by atoms with E-state index in [1.807, 2.05) is 36.4 Å². The van der Waals surface area contributed by atoms with E-state index in [1.54, 1.807) is 24.3 Å². The Morgan fingerprint density at radius 1 is 0.595 bits per heavy atom. The van der Waals surface area contributed by atoms with Crippen molar-refractivity contribution in [3.8, 4) is 0 Å². The van der Waals surface area contributed by atoms with E-state index in [2.05, 4.69) is 13.8 Å². The molecule has 0 fully saturated rings. The second-order valence-corrected chi connectivity index (χ2v) is 11.4. The summed E-state index contributed by atoms with van der Waals surface area (Å²) in [5.74, 6) is 0. The normalized spacial score (nSPS) is 11.6. The molecule has 4 aromatic rings. The maximum Gasteiger partial charge on any atom is 2.00 e. The molecule has 0 saturated heterocycles. The molecule has 192 valence electrons. The Morgan fingerprint density at radius 2 is 0.973 bits per heavy atom. The quantitative estimate of drug-likeness (QED) is 0.197. The van der Waals surface area contributed by atoms with E-state index < -0.39 is 20.2 Å². The van der Waals surface area contributed by atoms with Crippen molar-refractivity contribution in [2.75, 3.05) is 0 Å². The van der Waals surface area contributed by atoms with Crippen LogP contribution >= 0.6 is 0 Å². The molecule has 0 bridgehead atoms. The van der Waals surface area contributed by atoms with Gasteiger partial charge in [-0.2, -0.15) is 0 Å². The van der Waals surface area contributed by atoms with Crippen LogP contribution in [0.3, 0.4) is 0 Å². The molecule has 0 atom stereocenters. The molecule has 9 heteroatoms. The summed E-state index contributed by atoms with van der Waals surface area (Å²) in [7, 11) is -8.82. The third-order valence-electron chi connectivity index (χ3n) is 5.99. The summed E-state index contributed by atoms with van der Waals surface area (Å²) in [5, 5.41) is 2.63. The Morgan fingerprint density at radius 3 is 1.30 bits per heavy atom. The van der Waals surface area contributed by atoms with Crippen LogP contribution < -0.4 is 0 Å². The number of hydrogen-bond donors (Lipinski definition) is 0. The van der Waals surface area contributed by atoms with Crippen molar-refractivity contribution in [2.24, 2.45) is 0 Å². The molecule has 0 aliphatic heterocycles. The van der Waals surface area contributed by atoms with E-state index in [0.29, 0.717) is 10.8 Å². The number of benzene rings is 4. The van der Waals surface area contributed by atoms with Crippen molar-refractivity contribution in [3.05, 3.63) is 83.9 Å². The zero-order chi connectivity index (χ0) is 26.3. The van der Waals surface area contributed by atoms with E-state index in [1.165, 1.54) is 23.3 Å². The zero-order valence-corrected chi connectivity index (χ0v) is 25.0. The molecule has 0 amide bonds. The molecule has 4 rings (SSSR count). The van der Waals surface area contributed by atoms with Crippen LogP contribution in [0.5, 0.6) is 0 Å². The van der Waals surface area contributed by atoms with Gasteiger partial charge in [-0.15, -0.1) is 0 Å². The Kier molecular flexibility index (Phi) is 12.0. The van der Waals surface area contributed by atoms with Gasteiger partial charge in [0.15, 0.2) is 0 Å². The first-order valence-corrected chi connectivity index (χ1v) is 14.8. The van der Waals surface area contributed by atoms with Gasteiger partial charge in [-0.1, -0.05) is 87.4 Å². The van der Waals surface area contributed by atoms with Crippen LogP contribution in [0, 0.1) is 0 Å². The first kappa shape index (κ1) is 31.7. The summed E-state index contributed by atoms with van der Waals surface area (Å²) in [6.45, 7) is 4.26. The fraction of sp³-hybridized carbons (Fsp3) is 0.286. The summed E-state index contributed by atoms with van der Waals surface area (Å²) >= 11 is 0. The molecule has 0 heterocycles. The van der Waals surface area contributed by atoms with Crippen molar-refractivity contribution in [3.63, 3.8) is 0 Å². The molecule has 0 radical (unpaired) electrons. The van der Waals surface area contributed by atoms with Crippen molar-refractivity contribution in [1.29, 1.82) is 0 Å². The molecule has 37 heavy (non-hydrogen) atoms. The van der Waals surface area contributed by atoms with Crippen LogP contribution in [0.2, 0.25) is 0 Å². The SMILES string of the molecule is CCCCc1ccc2c(S(=O)(=O)[O-])cccc2c1.CCCCc1ccc2c(S(=O)(=O)[O-])cccc2c1.[Ca+2]. The number of hydrogen-bond acceptors (Lipinski definition) is 6. The Bertz CT molecular complexity index is 1450. The summed E-state index contributed by atoms with van der Waals surface area (Å²) in [6.07, 6.45) is 6.39. The van der Waals surface area contributed by atoms with Crippen molar-refractivity contribution < 1.29 is 25.9 Å². The maximum atomic E-state index is 11.1. The summed E-state index contributed by atoms with van der Waals surface area (Å²) in [6, 6.07) is 20.8. The van der Waals surface area contributed by atoms with Crippen LogP contribution in [0.15, 0.2) is 82.6 Å². The van der Waals surface area contributed by atoms with Crippen LogP contribution in [0.1, 0.15) is 50.7 Å². The van der Waals surface area contributed by atoms with Gasteiger partial charge in [0.05, 0.1) is 9.79 Å². The van der Waals surface area contributed by atoms with Crippen molar-refractivity contribution >= 4 is 79.5 Å². The Balaban J connectivity index is 0.000000253. The largest absolute Gasteiger partial charge is 2.00 e. The average molecular weight is 567 g/mol. The van der Waals surface area contributed by atoms with Crippen LogP contribution in [0.25, 0.3) is 21.5 Å². The van der Waals surface area contributed by atoms with Gasteiger partial charge in [0.1, 0.15) is 20.2 Å². The number of rotatable bonds is 8. The molecule has 0 aliphatic carbocycles. The monoisotopic (exact) mass is 566 g/mol. The third-order valence-corrected chi connectivity index (χ3v) is 7.78. The van der Waals surface area contributed by atoms with E-state index in [0.717, 1.165) is 49.3 Å². The summed E-state index contributed by atoms with van der Waals surface area (Å²) in [5.41, 5.74) is 2.34. The number of fused-ring (bicyclic) bond motifs is 2. The van der Waals surface area contributed by atoms with Crippen molar-refractivity contribution in [1.82, 2.24) is 0 Å². The summed E-state index contributed by atoms with van der Waals surface area (Å²) < 4.78 is 66.9. The van der Waals surface area contributed by atoms with Gasteiger partial charge in [0.2, 0.25) is 0 Å². The minimum Gasteiger partial charge on any atom is -0.744 e. The van der Waals surface area contributed by atoms with E-state index in [9.17, 15) is 25.9 Å². The van der Waals surface area contributed by atoms with Crippen molar-refractivity contribution in [2.45, 2.75) is 62.2 Å².